The fourth-order valence-electron chi connectivity index (χ4n) is 2.91. The third-order valence-corrected chi connectivity index (χ3v) is 4.61. The van der Waals surface area contributed by atoms with Gasteiger partial charge in [-0.05, 0) is 29.3 Å². The van der Waals surface area contributed by atoms with Gasteiger partial charge in [-0.2, -0.15) is 11.0 Å². The molecule has 0 saturated carbocycles. The zero-order valence-electron chi connectivity index (χ0n) is 17.0. The van der Waals surface area contributed by atoms with Crippen molar-refractivity contribution in [2.75, 3.05) is 19.9 Å². The van der Waals surface area contributed by atoms with Crippen LogP contribution in [0.25, 0.3) is 0 Å². The normalized spacial score (nSPS) is 13.0. The maximum Gasteiger partial charge on any atom is 0.305 e. The second-order valence-electron chi connectivity index (χ2n) is 6.73. The van der Waals surface area contributed by atoms with Gasteiger partial charge in [-0.1, -0.05) is 23.7 Å². The number of benzene rings is 2. The van der Waals surface area contributed by atoms with E-state index in [1.165, 1.54) is 0 Å². The highest BCUT2D eigenvalue weighted by Gasteiger charge is 2.23. The second kappa shape index (κ2) is 11.5. The summed E-state index contributed by atoms with van der Waals surface area (Å²) in [6.07, 6.45) is -0.241. The summed E-state index contributed by atoms with van der Waals surface area (Å²) in [7, 11) is 0. The molecule has 7 N–H and O–H groups in total. The number of carboxylic acid groups (broad SMARTS) is 1. The lowest BCUT2D eigenvalue weighted by Gasteiger charge is -2.19. The van der Waals surface area contributed by atoms with E-state index in [0.717, 1.165) is 5.56 Å². The van der Waals surface area contributed by atoms with Crippen molar-refractivity contribution in [3.8, 4) is 11.5 Å². The minimum atomic E-state index is -1.01. The summed E-state index contributed by atoms with van der Waals surface area (Å²) < 4.78 is 10.6. The van der Waals surface area contributed by atoms with Crippen LogP contribution in [0.2, 0.25) is 5.02 Å². The van der Waals surface area contributed by atoms with Gasteiger partial charge in [-0.25, -0.2) is 4.99 Å². The molecule has 1 aliphatic heterocycles. The molecule has 0 radical (unpaired) electrons. The van der Waals surface area contributed by atoms with Crippen LogP contribution in [0, 0.1) is 0 Å². The molecule has 3 rings (SSSR count). The fraction of sp³-hybridized carbons (Fsp3) is 0.300. The van der Waals surface area contributed by atoms with E-state index in [9.17, 15) is 9.90 Å². The van der Waals surface area contributed by atoms with Gasteiger partial charge >= 0.3 is 5.97 Å². The standard InChI is InChI=1S/C20H24ClN5O6/c21-15-8-18-17(29-11-30-18)7-14(15)16(9-19(27)28)26-31-5-4-24-32-10-12-2-1-3-13(6-12)25-20(22)23/h1-3,6-8,16,24,26H,4-5,9-11H2,(H,27,28)(H4,22,23,25). The molecule has 0 bridgehead atoms. The average molecular weight is 466 g/mol. The Morgan fingerprint density at radius 3 is 2.75 bits per heavy atom. The number of guanidine groups is 1. The van der Waals surface area contributed by atoms with Gasteiger partial charge in [-0.15, -0.1) is 0 Å². The van der Waals surface area contributed by atoms with E-state index >= 15 is 0 Å². The molecule has 0 aliphatic carbocycles. The number of carboxylic acids is 1. The first-order valence-corrected chi connectivity index (χ1v) is 10.0. The van der Waals surface area contributed by atoms with Crippen LogP contribution in [0.1, 0.15) is 23.6 Å². The molecule has 12 heteroatoms. The molecule has 2 aromatic rings. The number of nitrogens with two attached hydrogens (primary N) is 2. The molecule has 1 atom stereocenters. The van der Waals surface area contributed by atoms with Crippen LogP contribution in [-0.2, 0) is 21.1 Å². The summed E-state index contributed by atoms with van der Waals surface area (Å²) in [6, 6.07) is 9.81. The highest BCUT2D eigenvalue weighted by molar-refractivity contribution is 6.31. The number of nitrogens with zero attached hydrogens (tertiary/aromatic N) is 1. The van der Waals surface area contributed by atoms with Crippen molar-refractivity contribution in [3.63, 3.8) is 0 Å². The van der Waals surface area contributed by atoms with Crippen molar-refractivity contribution in [2.45, 2.75) is 19.1 Å². The molecule has 32 heavy (non-hydrogen) atoms. The number of ether oxygens (including phenoxy) is 2. The maximum atomic E-state index is 11.3. The molecule has 2 aromatic carbocycles. The van der Waals surface area contributed by atoms with Gasteiger partial charge < -0.3 is 26.0 Å². The number of carbonyl (C=O) groups is 1. The zero-order chi connectivity index (χ0) is 22.9. The topological polar surface area (TPSA) is 163 Å². The minimum absolute atomic E-state index is 0.0194. The van der Waals surface area contributed by atoms with E-state index in [1.807, 2.05) is 12.1 Å². The van der Waals surface area contributed by atoms with Gasteiger partial charge in [0, 0.05) is 17.6 Å². The molecule has 0 saturated heterocycles. The third kappa shape index (κ3) is 6.97. The Morgan fingerprint density at radius 1 is 1.22 bits per heavy atom. The number of fused-ring (bicyclic) bond motifs is 1. The lowest BCUT2D eigenvalue weighted by Crippen LogP contribution is -2.28. The first-order valence-electron chi connectivity index (χ1n) is 9.63. The number of hydrogen-bond donors (Lipinski definition) is 5. The van der Waals surface area contributed by atoms with E-state index in [1.54, 1.807) is 24.3 Å². The van der Waals surface area contributed by atoms with Crippen molar-refractivity contribution in [3.05, 3.63) is 52.5 Å². The summed E-state index contributed by atoms with van der Waals surface area (Å²) in [6.45, 7) is 0.921. The van der Waals surface area contributed by atoms with E-state index in [4.69, 9.17) is 42.2 Å². The predicted molar refractivity (Wildman–Crippen MR) is 116 cm³/mol. The Morgan fingerprint density at radius 2 is 2.00 bits per heavy atom. The molecular weight excluding hydrogens is 442 g/mol. The number of aliphatic imine (C=N–C) groups is 1. The van der Waals surface area contributed by atoms with E-state index in [2.05, 4.69) is 16.0 Å². The number of halogens is 1. The molecule has 11 nitrogen and oxygen atoms in total. The molecule has 172 valence electrons. The summed E-state index contributed by atoms with van der Waals surface area (Å²) in [5, 5.41) is 9.58. The van der Waals surface area contributed by atoms with E-state index < -0.39 is 12.0 Å². The smallest absolute Gasteiger partial charge is 0.305 e. The Bertz CT molecular complexity index is 969. The van der Waals surface area contributed by atoms with Crippen molar-refractivity contribution >= 4 is 29.2 Å². The Labute approximate surface area is 189 Å². The SMILES string of the molecule is NC(N)=Nc1cccc(CONCCONC(CC(=O)O)c2cc3c(cc2Cl)OCO3)c1. The first kappa shape index (κ1) is 23.6. The van der Waals surface area contributed by atoms with Crippen LogP contribution in [0.5, 0.6) is 11.5 Å². The molecule has 1 heterocycles. The van der Waals surface area contributed by atoms with Crippen LogP contribution in [-0.4, -0.2) is 37.0 Å². The van der Waals surface area contributed by atoms with Crippen molar-refractivity contribution in [2.24, 2.45) is 16.5 Å². The molecule has 1 aliphatic rings. The van der Waals surface area contributed by atoms with E-state index in [-0.39, 0.29) is 32.4 Å². The maximum absolute atomic E-state index is 11.3. The fourth-order valence-corrected chi connectivity index (χ4v) is 3.20. The number of aliphatic carboxylic acids is 1. The monoisotopic (exact) mass is 465 g/mol. The van der Waals surface area contributed by atoms with Gasteiger partial charge in [-0.3, -0.25) is 14.5 Å². The lowest BCUT2D eigenvalue weighted by molar-refractivity contribution is -0.138. The van der Waals surface area contributed by atoms with Crippen LogP contribution in [0.3, 0.4) is 0 Å². The Hall–Kier alpha value is -3.09. The van der Waals surface area contributed by atoms with Crippen molar-refractivity contribution in [1.29, 1.82) is 0 Å². The summed E-state index contributed by atoms with van der Waals surface area (Å²) in [5.41, 5.74) is 18.3. The van der Waals surface area contributed by atoms with Crippen LogP contribution in [0.15, 0.2) is 41.4 Å². The van der Waals surface area contributed by atoms with Crippen LogP contribution >= 0.6 is 11.6 Å². The van der Waals surface area contributed by atoms with Crippen LogP contribution in [0.4, 0.5) is 5.69 Å². The molecule has 0 aromatic heterocycles. The van der Waals surface area contributed by atoms with Gasteiger partial charge in [0.1, 0.15) is 0 Å². The van der Waals surface area contributed by atoms with Crippen molar-refractivity contribution in [1.82, 2.24) is 11.0 Å². The summed E-state index contributed by atoms with van der Waals surface area (Å²) >= 11 is 6.29. The lowest BCUT2D eigenvalue weighted by atomic mass is 10.0. The molecule has 0 fully saturated rings. The van der Waals surface area contributed by atoms with Crippen LogP contribution < -0.4 is 31.9 Å². The summed E-state index contributed by atoms with van der Waals surface area (Å²) in [5.74, 6) is -0.0159. The molecule has 0 spiro atoms. The highest BCUT2D eigenvalue weighted by Crippen LogP contribution is 2.39. The zero-order valence-corrected chi connectivity index (χ0v) is 17.8. The molecular formula is C20H24ClN5O6. The van der Waals surface area contributed by atoms with Gasteiger partial charge in [0.05, 0.1) is 31.4 Å². The molecule has 1 unspecified atom stereocenters. The number of rotatable bonds is 12. The second-order valence-corrected chi connectivity index (χ2v) is 7.14. The minimum Gasteiger partial charge on any atom is -0.481 e. The molecule has 0 amide bonds. The number of nitrogens with one attached hydrogen (secondary N) is 2. The quantitative estimate of drug-likeness (QED) is 0.135. The Balaban J connectivity index is 1.43. The average Bonchev–Trinajstić information content (AvgIpc) is 3.18. The van der Waals surface area contributed by atoms with E-state index in [0.29, 0.717) is 34.3 Å². The third-order valence-electron chi connectivity index (χ3n) is 4.29. The predicted octanol–water partition coefficient (Wildman–Crippen LogP) is 1.73. The first-order chi connectivity index (χ1) is 15.4. The highest BCUT2D eigenvalue weighted by atomic mass is 35.5. The number of hydroxylamine groups is 2. The van der Waals surface area contributed by atoms with Crippen molar-refractivity contribution < 1.29 is 29.0 Å². The van der Waals surface area contributed by atoms with Gasteiger partial charge in [0.15, 0.2) is 17.5 Å². The number of hydrogen-bond acceptors (Lipinski definition) is 8. The Kier molecular flexibility index (Phi) is 8.48. The largest absolute Gasteiger partial charge is 0.481 e. The van der Waals surface area contributed by atoms with Gasteiger partial charge in [0.2, 0.25) is 6.79 Å². The summed E-state index contributed by atoms with van der Waals surface area (Å²) in [4.78, 5) is 26.0. The van der Waals surface area contributed by atoms with Gasteiger partial charge in [0.25, 0.3) is 0 Å².